The van der Waals surface area contributed by atoms with Crippen molar-refractivity contribution >= 4 is 5.97 Å². The molecule has 0 radical (unpaired) electrons. The first-order valence-corrected chi connectivity index (χ1v) is 1.85. The monoisotopic (exact) mass is 260 g/mol. The molecule has 0 saturated carbocycles. The quantitative estimate of drug-likeness (QED) is 0.543. The predicted molar refractivity (Wildman–Crippen MR) is 24.0 cm³/mol. The average Bonchev–Trinajstić information content (AvgIpc) is 1.64. The second kappa shape index (κ2) is 5.51. The molecule has 0 heterocycles. The van der Waals surface area contributed by atoms with Crippen molar-refractivity contribution in [2.75, 3.05) is 0 Å². The largest absolute Gasteiger partial charge is 0.661 e. The Kier molecular flexibility index (Phi) is 7.59. The first-order chi connectivity index (χ1) is 3.55. The van der Waals surface area contributed by atoms with Crippen molar-refractivity contribution in [3.05, 3.63) is 5.73 Å². The molecular formula is C3H6CeNO4-. The van der Waals surface area contributed by atoms with Gasteiger partial charge in [-0.2, -0.15) is 0 Å². The molecule has 0 bridgehead atoms. The van der Waals surface area contributed by atoms with Crippen LogP contribution in [0.5, 0.6) is 0 Å². The maximum absolute atomic E-state index is 9.63. The van der Waals surface area contributed by atoms with E-state index in [9.17, 15) is 4.79 Å². The molecule has 0 aromatic heterocycles. The van der Waals surface area contributed by atoms with Gasteiger partial charge in [-0.05, 0) is 0 Å². The van der Waals surface area contributed by atoms with Crippen LogP contribution in [0.1, 0.15) is 0 Å². The van der Waals surface area contributed by atoms with Crippen molar-refractivity contribution in [2.45, 2.75) is 12.3 Å². The number of hydrogen-bond acceptors (Lipinski definition) is 3. The van der Waals surface area contributed by atoms with Crippen molar-refractivity contribution in [3.8, 4) is 0 Å². The molecular weight excluding hydrogens is 254 g/mol. The van der Waals surface area contributed by atoms with Crippen molar-refractivity contribution in [1.82, 2.24) is 0 Å². The van der Waals surface area contributed by atoms with Crippen LogP contribution in [0.2, 0.25) is 0 Å². The minimum absolute atomic E-state index is 0. The number of carboxylic acids is 1. The number of aliphatic hydroxyl groups is 2. The molecule has 0 saturated heterocycles. The third kappa shape index (κ3) is 5.18. The van der Waals surface area contributed by atoms with E-state index in [1.807, 2.05) is 0 Å². The summed E-state index contributed by atoms with van der Waals surface area (Å²) in [4.78, 5) is 9.63. The minimum atomic E-state index is -2.09. The number of hydrogen-bond donors (Lipinski definition) is 3. The second-order valence-electron chi connectivity index (χ2n) is 1.23. The van der Waals surface area contributed by atoms with Gasteiger partial charge in [-0.25, -0.2) is 0 Å². The van der Waals surface area contributed by atoms with E-state index in [0.717, 1.165) is 0 Å². The standard InChI is InChI=1S/C3H6NO4.Ce/c4-1(2(5)6)3(7)8;/h1-2,4-6H,(H,7,8);/q-1;/t1-;/m0./s1. The zero-order chi connectivity index (χ0) is 6.73. The van der Waals surface area contributed by atoms with E-state index in [1.54, 1.807) is 0 Å². The summed E-state index contributed by atoms with van der Waals surface area (Å²) < 4.78 is 0. The van der Waals surface area contributed by atoms with Gasteiger partial charge in [0.2, 0.25) is 0 Å². The van der Waals surface area contributed by atoms with Crippen LogP contribution in [0.15, 0.2) is 0 Å². The Morgan fingerprint density at radius 2 is 1.78 bits per heavy atom. The Morgan fingerprint density at radius 1 is 1.44 bits per heavy atom. The van der Waals surface area contributed by atoms with Crippen molar-refractivity contribution in [1.29, 1.82) is 0 Å². The molecule has 0 aliphatic rings. The first-order valence-electron chi connectivity index (χ1n) is 1.85. The number of aliphatic carboxylic acids is 1. The van der Waals surface area contributed by atoms with E-state index >= 15 is 0 Å². The molecule has 0 fully saturated rings. The van der Waals surface area contributed by atoms with Gasteiger partial charge < -0.3 is 21.1 Å². The van der Waals surface area contributed by atoms with E-state index < -0.39 is 18.3 Å². The van der Waals surface area contributed by atoms with Crippen LogP contribution in [-0.2, 0) is 4.79 Å². The molecule has 0 rings (SSSR count). The van der Waals surface area contributed by atoms with Gasteiger partial charge in [-0.3, -0.25) is 4.79 Å². The van der Waals surface area contributed by atoms with Crippen LogP contribution in [0.3, 0.4) is 0 Å². The Labute approximate surface area is 85.2 Å². The maximum atomic E-state index is 9.63. The summed E-state index contributed by atoms with van der Waals surface area (Å²) in [5, 5.41) is 23.8. The molecule has 0 unspecified atom stereocenters. The smallest absolute Gasteiger partial charge is 0.290 e. The molecule has 52 valence electrons. The normalized spacial score (nSPS) is 12.4. The van der Waals surface area contributed by atoms with Crippen LogP contribution in [-0.4, -0.2) is 33.6 Å². The van der Waals surface area contributed by atoms with Crippen molar-refractivity contribution in [2.24, 2.45) is 0 Å². The Morgan fingerprint density at radius 3 is 1.78 bits per heavy atom. The van der Waals surface area contributed by atoms with Gasteiger partial charge in [0.05, 0.1) is 0 Å². The summed E-state index contributed by atoms with van der Waals surface area (Å²) in [7, 11) is 0. The molecule has 0 aliphatic carbocycles. The Hall–Kier alpha value is 0.727. The van der Waals surface area contributed by atoms with Crippen LogP contribution < -0.4 is 0 Å². The Bertz CT molecular complexity index is 95.8. The number of nitrogens with one attached hydrogen (secondary N) is 1. The molecule has 6 heteroatoms. The van der Waals surface area contributed by atoms with E-state index in [1.165, 1.54) is 0 Å². The molecule has 0 amide bonds. The van der Waals surface area contributed by atoms with Gasteiger partial charge in [0.1, 0.15) is 6.29 Å². The van der Waals surface area contributed by atoms with E-state index in [2.05, 4.69) is 0 Å². The molecule has 4 N–H and O–H groups in total. The van der Waals surface area contributed by atoms with Gasteiger partial charge >= 0.3 is 0 Å². The van der Waals surface area contributed by atoms with Gasteiger partial charge in [0.25, 0.3) is 5.97 Å². The average molecular weight is 260 g/mol. The third-order valence-electron chi connectivity index (χ3n) is 0.564. The molecule has 1 atom stereocenters. The maximum Gasteiger partial charge on any atom is 0.290 e. The minimum Gasteiger partial charge on any atom is -0.661 e. The summed E-state index contributed by atoms with van der Waals surface area (Å²) in [6, 6.07) is -1.85. The van der Waals surface area contributed by atoms with Crippen LogP contribution in [0.25, 0.3) is 5.73 Å². The van der Waals surface area contributed by atoms with E-state index in [0.29, 0.717) is 0 Å². The van der Waals surface area contributed by atoms with Crippen LogP contribution in [0, 0.1) is 41.7 Å². The molecule has 0 spiro atoms. The van der Waals surface area contributed by atoms with Gasteiger partial charge in [-0.15, -0.1) is 0 Å². The summed E-state index contributed by atoms with van der Waals surface area (Å²) in [6.07, 6.45) is -2.09. The van der Waals surface area contributed by atoms with Gasteiger partial charge in [0.15, 0.2) is 0 Å². The molecule has 9 heavy (non-hydrogen) atoms. The zero-order valence-corrected chi connectivity index (χ0v) is 7.54. The van der Waals surface area contributed by atoms with Crippen LogP contribution >= 0.6 is 0 Å². The predicted octanol–water partition coefficient (Wildman–Crippen LogP) is -1.20. The van der Waals surface area contributed by atoms with E-state index in [-0.39, 0.29) is 41.7 Å². The fourth-order valence-corrected chi connectivity index (χ4v) is 0.128. The molecule has 5 nitrogen and oxygen atoms in total. The topological polar surface area (TPSA) is 102 Å². The SMILES string of the molecule is [Ce].[NH-][C@H](C(=O)O)C(O)O. The Balaban J connectivity index is 0. The number of aliphatic hydroxyl groups excluding tert-OH is 1. The molecule has 0 aromatic rings. The van der Waals surface area contributed by atoms with Crippen molar-refractivity contribution in [3.63, 3.8) is 0 Å². The fraction of sp³-hybridized carbons (Fsp3) is 0.667. The number of carboxylic acid groups (broad SMARTS) is 1. The first kappa shape index (κ1) is 12.4. The summed E-state index contributed by atoms with van der Waals surface area (Å²) in [5.74, 6) is -1.54. The van der Waals surface area contributed by atoms with Gasteiger partial charge in [0, 0.05) is 47.8 Å². The van der Waals surface area contributed by atoms with Crippen molar-refractivity contribution < 1.29 is 61.9 Å². The fourth-order valence-electron chi connectivity index (χ4n) is 0.128. The van der Waals surface area contributed by atoms with Gasteiger partial charge in [-0.1, -0.05) is 0 Å². The van der Waals surface area contributed by atoms with Crippen LogP contribution in [0.4, 0.5) is 0 Å². The molecule has 0 aliphatic heterocycles. The number of carbonyl (C=O) groups is 1. The zero-order valence-electron chi connectivity index (χ0n) is 4.40. The van der Waals surface area contributed by atoms with E-state index in [4.69, 9.17) is 21.1 Å². The number of rotatable bonds is 2. The summed E-state index contributed by atoms with van der Waals surface area (Å²) in [6.45, 7) is 0. The summed E-state index contributed by atoms with van der Waals surface area (Å²) in [5.41, 5.74) is 6.38. The molecule has 0 aromatic carbocycles. The second-order valence-corrected chi connectivity index (χ2v) is 1.23. The summed E-state index contributed by atoms with van der Waals surface area (Å²) >= 11 is 0. The third-order valence-corrected chi connectivity index (χ3v) is 0.564.